The number of sulfonamides is 1. The summed E-state index contributed by atoms with van der Waals surface area (Å²) in [5, 5.41) is 0.474. The van der Waals surface area contributed by atoms with Gasteiger partial charge in [-0.25, -0.2) is 8.42 Å². The van der Waals surface area contributed by atoms with E-state index in [1.807, 2.05) is 25.9 Å². The average Bonchev–Trinajstić information content (AvgIpc) is 2.69. The highest BCUT2D eigenvalue weighted by Crippen LogP contribution is 2.34. The fourth-order valence-electron chi connectivity index (χ4n) is 1.74. The molecule has 0 bridgehead atoms. The monoisotopic (exact) mass is 408 g/mol. The summed E-state index contributed by atoms with van der Waals surface area (Å²) in [6.07, 6.45) is 0. The first-order valence-corrected chi connectivity index (χ1v) is 9.43. The van der Waals surface area contributed by atoms with Crippen LogP contribution in [-0.4, -0.2) is 22.5 Å². The molecule has 114 valence electrons. The van der Waals surface area contributed by atoms with Crippen molar-refractivity contribution in [2.24, 2.45) is 0 Å². The molecule has 0 saturated carbocycles. The number of hydrogen-bond donors (Lipinski definition) is 1. The number of aryl methyl sites for hydroxylation is 1. The van der Waals surface area contributed by atoms with Crippen LogP contribution in [0.4, 0.5) is 11.4 Å². The molecule has 1 aromatic heterocycles. The molecule has 0 aliphatic rings. The quantitative estimate of drug-likeness (QED) is 0.817. The van der Waals surface area contributed by atoms with Crippen molar-refractivity contribution in [3.8, 4) is 0 Å². The Morgan fingerprint density at radius 3 is 2.48 bits per heavy atom. The third-order valence-electron chi connectivity index (χ3n) is 2.78. The molecular formula is C13H14BrClN2O2S2. The third kappa shape index (κ3) is 3.71. The molecule has 4 nitrogen and oxygen atoms in total. The fraction of sp³-hybridized carbons (Fsp3) is 0.231. The lowest BCUT2D eigenvalue weighted by Gasteiger charge is -2.18. The van der Waals surface area contributed by atoms with Crippen molar-refractivity contribution < 1.29 is 8.42 Å². The van der Waals surface area contributed by atoms with Gasteiger partial charge in [0, 0.05) is 19.1 Å². The molecule has 1 heterocycles. The predicted molar refractivity (Wildman–Crippen MR) is 93.3 cm³/mol. The Morgan fingerprint density at radius 2 is 1.95 bits per heavy atom. The Bertz CT molecular complexity index is 753. The van der Waals surface area contributed by atoms with Crippen molar-refractivity contribution in [3.63, 3.8) is 0 Å². The van der Waals surface area contributed by atoms with Gasteiger partial charge in [-0.2, -0.15) is 0 Å². The second-order valence-electron chi connectivity index (χ2n) is 4.68. The number of nitrogens with zero attached hydrogens (tertiary/aromatic N) is 1. The molecule has 2 rings (SSSR count). The van der Waals surface area contributed by atoms with Gasteiger partial charge in [-0.1, -0.05) is 11.6 Å². The second-order valence-corrected chi connectivity index (χ2v) is 9.40. The highest BCUT2D eigenvalue weighted by atomic mass is 79.9. The van der Waals surface area contributed by atoms with E-state index >= 15 is 0 Å². The maximum atomic E-state index is 12.5. The largest absolute Gasteiger partial charge is 0.376 e. The van der Waals surface area contributed by atoms with Crippen molar-refractivity contribution in [3.05, 3.63) is 38.6 Å². The molecule has 21 heavy (non-hydrogen) atoms. The van der Waals surface area contributed by atoms with Crippen LogP contribution in [0.2, 0.25) is 5.02 Å². The molecule has 0 amide bonds. The summed E-state index contributed by atoms with van der Waals surface area (Å²) >= 11 is 10.5. The smallest absolute Gasteiger partial charge is 0.271 e. The van der Waals surface area contributed by atoms with Crippen molar-refractivity contribution in [2.45, 2.75) is 11.1 Å². The number of halogens is 2. The molecule has 0 radical (unpaired) electrons. The summed E-state index contributed by atoms with van der Waals surface area (Å²) in [4.78, 5) is 1.82. The highest BCUT2D eigenvalue weighted by Gasteiger charge is 2.20. The van der Waals surface area contributed by atoms with E-state index in [-0.39, 0.29) is 4.21 Å². The van der Waals surface area contributed by atoms with Gasteiger partial charge >= 0.3 is 0 Å². The van der Waals surface area contributed by atoms with Crippen molar-refractivity contribution in [1.29, 1.82) is 0 Å². The summed E-state index contributed by atoms with van der Waals surface area (Å²) in [6, 6.07) is 6.73. The molecule has 0 spiro atoms. The number of rotatable bonds is 4. The van der Waals surface area contributed by atoms with Crippen LogP contribution in [0.5, 0.6) is 0 Å². The Morgan fingerprint density at radius 1 is 1.29 bits per heavy atom. The maximum absolute atomic E-state index is 12.5. The molecule has 0 atom stereocenters. The molecule has 2 aromatic rings. The Balaban J connectivity index is 2.43. The molecule has 8 heteroatoms. The fourth-order valence-corrected chi connectivity index (χ4v) is 5.20. The van der Waals surface area contributed by atoms with Gasteiger partial charge in [0.1, 0.15) is 4.21 Å². The lowest BCUT2D eigenvalue weighted by Crippen LogP contribution is -2.16. The van der Waals surface area contributed by atoms with Crippen LogP contribution < -0.4 is 9.62 Å². The molecule has 1 aromatic carbocycles. The summed E-state index contributed by atoms with van der Waals surface area (Å²) in [6.45, 7) is 1.85. The van der Waals surface area contributed by atoms with Crippen molar-refractivity contribution in [2.75, 3.05) is 23.7 Å². The van der Waals surface area contributed by atoms with Gasteiger partial charge in [-0.3, -0.25) is 4.72 Å². The van der Waals surface area contributed by atoms with E-state index in [0.29, 0.717) is 10.7 Å². The standard InChI is InChI=1S/C13H14BrClN2O2S2/c1-8-6-12(20-13(8)14)21(18,19)16-10-7-9(15)4-5-11(10)17(2)3/h4-7,16H,1-3H3. The zero-order chi connectivity index (χ0) is 15.8. The molecule has 0 saturated heterocycles. The molecular weight excluding hydrogens is 396 g/mol. The van der Waals surface area contributed by atoms with Gasteiger partial charge in [-0.15, -0.1) is 11.3 Å². The highest BCUT2D eigenvalue weighted by molar-refractivity contribution is 9.11. The van der Waals surface area contributed by atoms with Crippen molar-refractivity contribution in [1.82, 2.24) is 0 Å². The third-order valence-corrected chi connectivity index (χ3v) is 6.99. The number of anilines is 2. The lowest BCUT2D eigenvalue weighted by molar-refractivity contribution is 0.603. The summed E-state index contributed by atoms with van der Waals surface area (Å²) < 4.78 is 28.6. The van der Waals surface area contributed by atoms with Gasteiger partial charge in [0.15, 0.2) is 0 Å². The van der Waals surface area contributed by atoms with E-state index in [1.54, 1.807) is 24.3 Å². The summed E-state index contributed by atoms with van der Waals surface area (Å²) in [5.41, 5.74) is 2.09. The topological polar surface area (TPSA) is 49.4 Å². The average molecular weight is 410 g/mol. The summed E-state index contributed by atoms with van der Waals surface area (Å²) in [5.74, 6) is 0. The van der Waals surface area contributed by atoms with Gasteiger partial charge in [0.25, 0.3) is 10.0 Å². The predicted octanol–water partition coefficient (Wildman–Crippen LogP) is 4.34. The first kappa shape index (κ1) is 16.6. The van der Waals surface area contributed by atoms with E-state index in [1.165, 1.54) is 11.3 Å². The lowest BCUT2D eigenvalue weighted by atomic mass is 10.2. The Hall–Kier alpha value is -0.760. The van der Waals surface area contributed by atoms with Gasteiger partial charge in [0.05, 0.1) is 15.2 Å². The minimum atomic E-state index is -3.63. The maximum Gasteiger partial charge on any atom is 0.271 e. The second kappa shape index (κ2) is 6.16. The zero-order valence-corrected chi connectivity index (χ0v) is 15.6. The minimum Gasteiger partial charge on any atom is -0.376 e. The number of benzene rings is 1. The van der Waals surface area contributed by atoms with Gasteiger partial charge in [0.2, 0.25) is 0 Å². The van der Waals surface area contributed by atoms with E-state index < -0.39 is 10.0 Å². The molecule has 0 aliphatic carbocycles. The number of hydrogen-bond acceptors (Lipinski definition) is 4. The van der Waals surface area contributed by atoms with Crippen LogP contribution >= 0.6 is 38.9 Å². The van der Waals surface area contributed by atoms with Crippen molar-refractivity contribution >= 4 is 60.3 Å². The molecule has 1 N–H and O–H groups in total. The van der Waals surface area contributed by atoms with Crippen LogP contribution in [0.3, 0.4) is 0 Å². The first-order valence-electron chi connectivity index (χ1n) is 5.96. The van der Waals surface area contributed by atoms with E-state index in [9.17, 15) is 8.42 Å². The SMILES string of the molecule is Cc1cc(S(=O)(=O)Nc2cc(Cl)ccc2N(C)C)sc1Br. The van der Waals surface area contributed by atoms with Crippen LogP contribution in [-0.2, 0) is 10.0 Å². The van der Waals surface area contributed by atoms with Crippen LogP contribution in [0.25, 0.3) is 0 Å². The van der Waals surface area contributed by atoms with Crippen LogP contribution in [0.15, 0.2) is 32.3 Å². The zero-order valence-electron chi connectivity index (χ0n) is 11.6. The Kier molecular flexibility index (Phi) is 4.87. The summed E-state index contributed by atoms with van der Waals surface area (Å²) in [7, 11) is 0.0458. The van der Waals surface area contributed by atoms with E-state index in [4.69, 9.17) is 11.6 Å². The molecule has 0 fully saturated rings. The van der Waals surface area contributed by atoms with Gasteiger partial charge in [-0.05, 0) is 52.7 Å². The van der Waals surface area contributed by atoms with Gasteiger partial charge < -0.3 is 4.90 Å². The molecule has 0 aliphatic heterocycles. The Labute approximate surface area is 141 Å². The van der Waals surface area contributed by atoms with Crippen LogP contribution in [0, 0.1) is 6.92 Å². The van der Waals surface area contributed by atoms with Crippen LogP contribution in [0.1, 0.15) is 5.56 Å². The number of thiophene rings is 1. The molecule has 0 unspecified atom stereocenters. The number of nitrogens with one attached hydrogen (secondary N) is 1. The minimum absolute atomic E-state index is 0.261. The van der Waals surface area contributed by atoms with E-state index in [0.717, 1.165) is 15.0 Å². The first-order chi connectivity index (χ1) is 9.70. The van der Waals surface area contributed by atoms with E-state index in [2.05, 4.69) is 20.7 Å². The normalized spacial score (nSPS) is 11.5.